The quantitative estimate of drug-likeness (QED) is 0.586. The highest BCUT2D eigenvalue weighted by molar-refractivity contribution is 6.32. The van der Waals surface area contributed by atoms with Crippen molar-refractivity contribution in [2.45, 2.75) is 26.8 Å². The third kappa shape index (κ3) is 5.70. The first-order valence-electron chi connectivity index (χ1n) is 8.71. The highest BCUT2D eigenvalue weighted by Gasteiger charge is 2.21. The lowest BCUT2D eigenvalue weighted by molar-refractivity contribution is 0.0754. The van der Waals surface area contributed by atoms with Gasteiger partial charge in [0.05, 0.1) is 38.1 Å². The normalized spacial score (nSPS) is 10.5. The molecule has 5 nitrogen and oxygen atoms in total. The van der Waals surface area contributed by atoms with E-state index in [0.717, 1.165) is 6.42 Å². The molecule has 2 aromatic rings. The Hall–Kier alpha value is -2.58. The van der Waals surface area contributed by atoms with Crippen LogP contribution in [-0.2, 0) is 6.54 Å². The van der Waals surface area contributed by atoms with E-state index in [1.54, 1.807) is 30.5 Å². The molecule has 0 unspecified atom stereocenters. The summed E-state index contributed by atoms with van der Waals surface area (Å²) in [5, 5.41) is 0.320. The van der Waals surface area contributed by atoms with Crippen molar-refractivity contribution in [2.24, 2.45) is 5.92 Å². The van der Waals surface area contributed by atoms with Gasteiger partial charge in [-0.2, -0.15) is 0 Å². The summed E-state index contributed by atoms with van der Waals surface area (Å²) < 4.78 is 16.5. The topological polar surface area (TPSA) is 51.9 Å². The van der Waals surface area contributed by atoms with Gasteiger partial charge in [-0.15, -0.1) is 6.42 Å². The van der Waals surface area contributed by atoms with Gasteiger partial charge in [-0.05, 0) is 36.6 Å². The number of amides is 1. The summed E-state index contributed by atoms with van der Waals surface area (Å²) in [6.07, 6.45) is 7.86. The lowest BCUT2D eigenvalue weighted by Gasteiger charge is -2.20. The number of rotatable bonds is 9. The van der Waals surface area contributed by atoms with E-state index >= 15 is 0 Å². The summed E-state index contributed by atoms with van der Waals surface area (Å²) in [5.74, 6) is 4.23. The number of nitrogens with zero attached hydrogens (tertiary/aromatic N) is 1. The van der Waals surface area contributed by atoms with Crippen molar-refractivity contribution in [1.29, 1.82) is 0 Å². The molecule has 0 N–H and O–H groups in total. The Balaban J connectivity index is 2.23. The van der Waals surface area contributed by atoms with Crippen LogP contribution in [-0.4, -0.2) is 31.1 Å². The van der Waals surface area contributed by atoms with E-state index < -0.39 is 0 Å². The summed E-state index contributed by atoms with van der Waals surface area (Å²) in [6, 6.07) is 6.74. The minimum Gasteiger partial charge on any atom is -0.493 e. The largest absolute Gasteiger partial charge is 0.493 e. The van der Waals surface area contributed by atoms with Gasteiger partial charge in [0.25, 0.3) is 5.91 Å². The molecule has 0 aliphatic rings. The number of carbonyl (C=O) groups excluding carboxylic acids is 1. The van der Waals surface area contributed by atoms with Gasteiger partial charge in [-0.25, -0.2) is 0 Å². The fourth-order valence-electron chi connectivity index (χ4n) is 2.46. The number of hydrogen-bond acceptors (Lipinski definition) is 4. The molecule has 0 fully saturated rings. The molecule has 1 aromatic heterocycles. The van der Waals surface area contributed by atoms with Crippen molar-refractivity contribution >= 4 is 17.5 Å². The predicted octanol–water partition coefficient (Wildman–Crippen LogP) is 4.64. The summed E-state index contributed by atoms with van der Waals surface area (Å²) in [7, 11) is 1.51. The second-order valence-corrected chi connectivity index (χ2v) is 6.87. The van der Waals surface area contributed by atoms with Crippen LogP contribution in [0.15, 0.2) is 34.9 Å². The first-order valence-corrected chi connectivity index (χ1v) is 9.09. The molecule has 0 aliphatic heterocycles. The van der Waals surface area contributed by atoms with Gasteiger partial charge < -0.3 is 18.8 Å². The van der Waals surface area contributed by atoms with E-state index in [1.165, 1.54) is 12.0 Å². The highest BCUT2D eigenvalue weighted by atomic mass is 35.5. The van der Waals surface area contributed by atoms with E-state index in [2.05, 4.69) is 19.8 Å². The SMILES string of the molecule is C#CCN(Cc1ccco1)C(=O)c1cc(Cl)c(OCCC(C)C)c(OC)c1. The minimum atomic E-state index is -0.265. The maximum absolute atomic E-state index is 12.9. The molecule has 27 heavy (non-hydrogen) atoms. The number of ether oxygens (including phenoxy) is 2. The Kier molecular flexibility index (Phi) is 7.63. The maximum atomic E-state index is 12.9. The number of benzene rings is 1. The number of methoxy groups -OCH3 is 1. The monoisotopic (exact) mass is 389 g/mol. The number of carbonyl (C=O) groups is 1. The molecule has 0 saturated heterocycles. The van der Waals surface area contributed by atoms with E-state index in [0.29, 0.717) is 40.4 Å². The molecule has 0 saturated carbocycles. The second-order valence-electron chi connectivity index (χ2n) is 6.47. The van der Waals surface area contributed by atoms with Gasteiger partial charge in [-0.1, -0.05) is 31.4 Å². The Bertz CT molecular complexity index is 793. The first-order chi connectivity index (χ1) is 13.0. The summed E-state index contributed by atoms with van der Waals surface area (Å²) >= 11 is 6.36. The van der Waals surface area contributed by atoms with Crippen LogP contribution in [0, 0.1) is 18.3 Å². The molecule has 1 aromatic carbocycles. The van der Waals surface area contributed by atoms with E-state index in [-0.39, 0.29) is 19.0 Å². The number of terminal acetylenes is 1. The van der Waals surface area contributed by atoms with Crippen LogP contribution in [0.1, 0.15) is 36.4 Å². The van der Waals surface area contributed by atoms with E-state index in [1.807, 2.05) is 0 Å². The lowest BCUT2D eigenvalue weighted by atomic mass is 10.1. The minimum absolute atomic E-state index is 0.145. The number of furan rings is 1. The fraction of sp³-hybridized carbons (Fsp3) is 0.381. The Morgan fingerprint density at radius 3 is 2.78 bits per heavy atom. The smallest absolute Gasteiger partial charge is 0.255 e. The summed E-state index contributed by atoms with van der Waals surface area (Å²) in [5.41, 5.74) is 0.370. The molecule has 1 amide bonds. The first kappa shape index (κ1) is 20.7. The number of hydrogen-bond donors (Lipinski definition) is 0. The van der Waals surface area contributed by atoms with Crippen LogP contribution in [0.25, 0.3) is 0 Å². The summed E-state index contributed by atoms with van der Waals surface area (Å²) in [6.45, 7) is 5.16. The molecule has 0 bridgehead atoms. The van der Waals surface area contributed by atoms with Gasteiger partial charge >= 0.3 is 0 Å². The average Bonchev–Trinajstić information content (AvgIpc) is 3.14. The van der Waals surface area contributed by atoms with Crippen LogP contribution in [0.4, 0.5) is 0 Å². The van der Waals surface area contributed by atoms with Crippen molar-refractivity contribution in [2.75, 3.05) is 20.3 Å². The zero-order chi connectivity index (χ0) is 19.8. The highest BCUT2D eigenvalue weighted by Crippen LogP contribution is 2.37. The standard InChI is InChI=1S/C21H24ClNO4/c1-5-9-23(14-17-7-6-10-26-17)21(24)16-12-18(22)20(19(13-16)25-4)27-11-8-15(2)3/h1,6-7,10,12-13,15H,8-9,11,14H2,2-4H3. The van der Waals surface area contributed by atoms with Gasteiger partial charge in [0.1, 0.15) is 5.76 Å². The molecular weight excluding hydrogens is 366 g/mol. The van der Waals surface area contributed by atoms with E-state index in [9.17, 15) is 4.79 Å². The van der Waals surface area contributed by atoms with Crippen LogP contribution in [0.5, 0.6) is 11.5 Å². The predicted molar refractivity (Wildman–Crippen MR) is 105 cm³/mol. The van der Waals surface area contributed by atoms with Gasteiger partial charge in [0.2, 0.25) is 0 Å². The Morgan fingerprint density at radius 2 is 2.19 bits per heavy atom. The molecule has 0 aliphatic carbocycles. The van der Waals surface area contributed by atoms with Crippen molar-refractivity contribution in [3.63, 3.8) is 0 Å². The summed E-state index contributed by atoms with van der Waals surface area (Å²) in [4.78, 5) is 14.4. The molecule has 0 atom stereocenters. The van der Waals surface area contributed by atoms with Crippen LogP contribution < -0.4 is 9.47 Å². The zero-order valence-electron chi connectivity index (χ0n) is 15.8. The van der Waals surface area contributed by atoms with Gasteiger partial charge in [-0.3, -0.25) is 4.79 Å². The third-order valence-corrected chi connectivity index (χ3v) is 4.19. The number of halogens is 1. The molecule has 2 rings (SSSR count). The van der Waals surface area contributed by atoms with Crippen molar-refractivity contribution < 1.29 is 18.7 Å². The van der Waals surface area contributed by atoms with Crippen LogP contribution in [0.3, 0.4) is 0 Å². The van der Waals surface area contributed by atoms with Crippen molar-refractivity contribution in [3.8, 4) is 23.8 Å². The Labute approximate surface area is 165 Å². The van der Waals surface area contributed by atoms with Crippen LogP contribution in [0.2, 0.25) is 5.02 Å². The molecule has 144 valence electrons. The maximum Gasteiger partial charge on any atom is 0.255 e. The second kappa shape index (κ2) is 9.94. The van der Waals surface area contributed by atoms with Gasteiger partial charge in [0, 0.05) is 5.56 Å². The van der Waals surface area contributed by atoms with Crippen molar-refractivity contribution in [3.05, 3.63) is 46.9 Å². The molecular formula is C21H24ClNO4. The Morgan fingerprint density at radius 1 is 1.41 bits per heavy atom. The van der Waals surface area contributed by atoms with E-state index in [4.69, 9.17) is 31.9 Å². The molecule has 0 radical (unpaired) electrons. The molecule has 6 heteroatoms. The molecule has 1 heterocycles. The fourth-order valence-corrected chi connectivity index (χ4v) is 2.73. The lowest BCUT2D eigenvalue weighted by Crippen LogP contribution is -2.30. The molecule has 0 spiro atoms. The van der Waals surface area contributed by atoms with Gasteiger partial charge in [0.15, 0.2) is 11.5 Å². The third-order valence-electron chi connectivity index (χ3n) is 3.91. The average molecular weight is 390 g/mol. The van der Waals surface area contributed by atoms with Crippen LogP contribution >= 0.6 is 11.6 Å². The van der Waals surface area contributed by atoms with Crippen molar-refractivity contribution in [1.82, 2.24) is 4.90 Å². The zero-order valence-corrected chi connectivity index (χ0v) is 16.6.